The molecule has 0 unspecified atom stereocenters. The average molecular weight is 240 g/mol. The molecule has 0 aromatic heterocycles. The van der Waals surface area contributed by atoms with Crippen LogP contribution >= 0.6 is 0 Å². The molecule has 92 valence electrons. The van der Waals surface area contributed by atoms with Gasteiger partial charge in [-0.2, -0.15) is 0 Å². The summed E-state index contributed by atoms with van der Waals surface area (Å²) >= 11 is 0. The van der Waals surface area contributed by atoms with E-state index in [1.165, 1.54) is 0 Å². The van der Waals surface area contributed by atoms with Crippen molar-refractivity contribution in [3.63, 3.8) is 0 Å². The topological polar surface area (TPSA) is 26.3 Å². The lowest BCUT2D eigenvalue weighted by Crippen LogP contribution is -2.08. The largest absolute Gasteiger partial charge is 0.461 e. The van der Waals surface area contributed by atoms with E-state index in [4.69, 9.17) is 4.74 Å². The van der Waals surface area contributed by atoms with Crippen molar-refractivity contribution in [1.82, 2.24) is 0 Å². The molecule has 0 atom stereocenters. The van der Waals surface area contributed by atoms with Gasteiger partial charge in [-0.15, -0.1) is 0 Å². The normalized spacial score (nSPS) is 10.1. The van der Waals surface area contributed by atoms with Gasteiger partial charge in [0.15, 0.2) is 0 Å². The van der Waals surface area contributed by atoms with E-state index >= 15 is 0 Å². The van der Waals surface area contributed by atoms with Crippen LogP contribution in [0.4, 0.5) is 0 Å². The Morgan fingerprint density at radius 3 is 2.39 bits per heavy atom. The van der Waals surface area contributed by atoms with Crippen LogP contribution in [0.15, 0.2) is 54.6 Å². The highest BCUT2D eigenvalue weighted by molar-refractivity contribution is 5.72. The summed E-state index contributed by atoms with van der Waals surface area (Å²) in [6.07, 6.45) is 0.326. The number of esters is 1. The molecule has 2 aromatic carbocycles. The van der Waals surface area contributed by atoms with Gasteiger partial charge in [-0.25, -0.2) is 0 Å². The third-order valence-corrected chi connectivity index (χ3v) is 2.84. The van der Waals surface area contributed by atoms with Gasteiger partial charge in [-0.05, 0) is 23.6 Å². The van der Waals surface area contributed by atoms with Gasteiger partial charge in [-0.3, -0.25) is 4.79 Å². The molecule has 0 saturated heterocycles. The minimum atomic E-state index is -0.190. The van der Waals surface area contributed by atoms with Gasteiger partial charge in [0.1, 0.15) is 6.61 Å². The molecular formula is C16H16O2. The van der Waals surface area contributed by atoms with Gasteiger partial charge in [0.2, 0.25) is 0 Å². The fraction of sp³-hybridized carbons (Fsp3) is 0.188. The lowest BCUT2D eigenvalue weighted by molar-refractivity contribution is -0.144. The molecule has 0 spiro atoms. The third kappa shape index (κ3) is 3.45. The van der Waals surface area contributed by atoms with Gasteiger partial charge in [0.05, 0.1) is 6.42 Å². The Morgan fingerprint density at radius 1 is 1.00 bits per heavy atom. The fourth-order valence-corrected chi connectivity index (χ4v) is 1.74. The molecular weight excluding hydrogens is 224 g/mol. The second-order valence-electron chi connectivity index (χ2n) is 4.25. The number of hydrogen-bond acceptors (Lipinski definition) is 2. The summed E-state index contributed by atoms with van der Waals surface area (Å²) in [6, 6.07) is 17.5. The second kappa shape index (κ2) is 6.01. The van der Waals surface area contributed by atoms with E-state index in [0.717, 1.165) is 16.7 Å². The maximum Gasteiger partial charge on any atom is 0.310 e. The van der Waals surface area contributed by atoms with Crippen LogP contribution in [-0.4, -0.2) is 5.97 Å². The molecule has 0 bridgehead atoms. The molecule has 0 aliphatic rings. The summed E-state index contributed by atoms with van der Waals surface area (Å²) in [5.74, 6) is -0.190. The summed E-state index contributed by atoms with van der Waals surface area (Å²) in [4.78, 5) is 11.7. The molecule has 2 nitrogen and oxygen atoms in total. The van der Waals surface area contributed by atoms with E-state index in [1.54, 1.807) is 0 Å². The number of carbonyl (C=O) groups excluding carboxylic acids is 1. The molecule has 18 heavy (non-hydrogen) atoms. The summed E-state index contributed by atoms with van der Waals surface area (Å²) < 4.78 is 5.27. The first-order valence-corrected chi connectivity index (χ1v) is 6.00. The first-order chi connectivity index (χ1) is 8.75. The van der Waals surface area contributed by atoms with Gasteiger partial charge in [-0.1, -0.05) is 54.6 Å². The maximum absolute atomic E-state index is 11.7. The zero-order chi connectivity index (χ0) is 12.8. The Bertz CT molecular complexity index is 518. The maximum atomic E-state index is 11.7. The number of hydrogen-bond donors (Lipinski definition) is 0. The lowest BCUT2D eigenvalue weighted by Gasteiger charge is -2.07. The highest BCUT2D eigenvalue weighted by Crippen LogP contribution is 2.09. The minimum absolute atomic E-state index is 0.190. The molecule has 2 heteroatoms. The lowest BCUT2D eigenvalue weighted by atomic mass is 10.1. The number of carbonyl (C=O) groups is 1. The van der Waals surface area contributed by atoms with E-state index < -0.39 is 0 Å². The Labute approximate surface area is 107 Å². The monoisotopic (exact) mass is 240 g/mol. The van der Waals surface area contributed by atoms with Crippen molar-refractivity contribution in [2.45, 2.75) is 20.0 Å². The van der Waals surface area contributed by atoms with Crippen molar-refractivity contribution in [3.8, 4) is 0 Å². The molecule has 0 N–H and O–H groups in total. The van der Waals surface area contributed by atoms with E-state index in [-0.39, 0.29) is 5.97 Å². The van der Waals surface area contributed by atoms with Crippen molar-refractivity contribution in [2.75, 3.05) is 0 Å². The highest BCUT2D eigenvalue weighted by atomic mass is 16.5. The van der Waals surface area contributed by atoms with Crippen LogP contribution < -0.4 is 0 Å². The average Bonchev–Trinajstić information content (AvgIpc) is 2.39. The molecule has 0 heterocycles. The van der Waals surface area contributed by atoms with Crippen LogP contribution in [0.2, 0.25) is 0 Å². The summed E-state index contributed by atoms with van der Waals surface area (Å²) in [7, 11) is 0. The summed E-state index contributed by atoms with van der Waals surface area (Å²) in [6.45, 7) is 2.36. The zero-order valence-corrected chi connectivity index (χ0v) is 10.4. The number of ether oxygens (including phenoxy) is 1. The molecule has 0 saturated carbocycles. The zero-order valence-electron chi connectivity index (χ0n) is 10.4. The van der Waals surface area contributed by atoms with Gasteiger partial charge < -0.3 is 4.74 Å². The van der Waals surface area contributed by atoms with E-state index in [0.29, 0.717) is 13.0 Å². The van der Waals surface area contributed by atoms with Crippen molar-refractivity contribution >= 4 is 5.97 Å². The van der Waals surface area contributed by atoms with Crippen LogP contribution in [-0.2, 0) is 22.6 Å². The van der Waals surface area contributed by atoms with E-state index in [2.05, 4.69) is 0 Å². The summed E-state index contributed by atoms with van der Waals surface area (Å²) in [5.41, 5.74) is 3.18. The number of aryl methyl sites for hydroxylation is 1. The summed E-state index contributed by atoms with van der Waals surface area (Å²) in [5, 5.41) is 0. The predicted molar refractivity (Wildman–Crippen MR) is 71.1 cm³/mol. The smallest absolute Gasteiger partial charge is 0.310 e. The molecule has 2 rings (SSSR count). The second-order valence-corrected chi connectivity index (χ2v) is 4.25. The molecule has 0 amide bonds. The first kappa shape index (κ1) is 12.4. The Balaban J connectivity index is 1.88. The van der Waals surface area contributed by atoms with Crippen LogP contribution in [0.25, 0.3) is 0 Å². The van der Waals surface area contributed by atoms with Crippen LogP contribution in [0.3, 0.4) is 0 Å². The first-order valence-electron chi connectivity index (χ1n) is 6.00. The standard InChI is InChI=1S/C16H16O2/c1-13-7-5-6-10-15(13)12-18-16(17)11-14-8-3-2-4-9-14/h2-10H,11-12H2,1H3. The Hall–Kier alpha value is -2.09. The Morgan fingerprint density at radius 2 is 1.67 bits per heavy atom. The third-order valence-electron chi connectivity index (χ3n) is 2.84. The number of benzene rings is 2. The quantitative estimate of drug-likeness (QED) is 0.767. The van der Waals surface area contributed by atoms with Crippen LogP contribution in [0.5, 0.6) is 0 Å². The van der Waals surface area contributed by atoms with Crippen molar-refractivity contribution < 1.29 is 9.53 Å². The van der Waals surface area contributed by atoms with Gasteiger partial charge in [0.25, 0.3) is 0 Å². The highest BCUT2D eigenvalue weighted by Gasteiger charge is 2.05. The van der Waals surface area contributed by atoms with Gasteiger partial charge >= 0.3 is 5.97 Å². The van der Waals surface area contributed by atoms with E-state index in [1.807, 2.05) is 61.5 Å². The predicted octanol–water partition coefficient (Wildman–Crippen LogP) is 3.28. The molecule has 0 aliphatic heterocycles. The SMILES string of the molecule is Cc1ccccc1COC(=O)Cc1ccccc1. The van der Waals surface area contributed by atoms with Crippen LogP contribution in [0, 0.1) is 6.92 Å². The van der Waals surface area contributed by atoms with Crippen LogP contribution in [0.1, 0.15) is 16.7 Å². The van der Waals surface area contributed by atoms with Crippen molar-refractivity contribution in [1.29, 1.82) is 0 Å². The van der Waals surface area contributed by atoms with Crippen molar-refractivity contribution in [2.24, 2.45) is 0 Å². The number of rotatable bonds is 4. The van der Waals surface area contributed by atoms with E-state index in [9.17, 15) is 4.79 Å². The van der Waals surface area contributed by atoms with Crippen molar-refractivity contribution in [3.05, 3.63) is 71.3 Å². The Kier molecular flexibility index (Phi) is 4.13. The molecule has 0 aliphatic carbocycles. The fourth-order valence-electron chi connectivity index (χ4n) is 1.74. The molecule has 2 aromatic rings. The molecule has 0 fully saturated rings. The minimum Gasteiger partial charge on any atom is -0.461 e. The molecule has 0 radical (unpaired) electrons. The van der Waals surface area contributed by atoms with Gasteiger partial charge in [0, 0.05) is 0 Å².